The summed E-state index contributed by atoms with van der Waals surface area (Å²) in [5.41, 5.74) is 1.17. The number of nitrogens with zero attached hydrogens (tertiary/aromatic N) is 2. The summed E-state index contributed by atoms with van der Waals surface area (Å²) in [5.74, 6) is -0.186. The van der Waals surface area contributed by atoms with Gasteiger partial charge in [0.2, 0.25) is 0 Å². The second kappa shape index (κ2) is 4.40. The van der Waals surface area contributed by atoms with Crippen LogP contribution in [0.2, 0.25) is 0 Å². The Morgan fingerprint density at radius 2 is 2.12 bits per heavy atom. The fourth-order valence-corrected chi connectivity index (χ4v) is 1.88. The van der Waals surface area contributed by atoms with Gasteiger partial charge in [0.1, 0.15) is 0 Å². The Labute approximate surface area is 92.7 Å². The summed E-state index contributed by atoms with van der Waals surface area (Å²) in [5, 5.41) is 12.6. The largest absolute Gasteiger partial charge is 0.369 e. The second-order valence-corrected chi connectivity index (χ2v) is 3.67. The van der Waals surface area contributed by atoms with Crippen LogP contribution in [-0.4, -0.2) is 29.0 Å². The lowest BCUT2D eigenvalue weighted by atomic mass is 10.1. The SMILES string of the molecule is O=NCCCN1C(=O)c2ccccc2C1O. The highest BCUT2D eigenvalue weighted by atomic mass is 16.3. The van der Waals surface area contributed by atoms with Gasteiger partial charge in [-0.2, -0.15) is 4.91 Å². The van der Waals surface area contributed by atoms with Gasteiger partial charge in [0.25, 0.3) is 5.91 Å². The first-order valence-electron chi connectivity index (χ1n) is 5.13. The highest BCUT2D eigenvalue weighted by Crippen LogP contribution is 2.31. The number of carbonyl (C=O) groups is 1. The number of rotatable bonds is 4. The third kappa shape index (κ3) is 1.69. The van der Waals surface area contributed by atoms with E-state index in [2.05, 4.69) is 5.18 Å². The zero-order valence-electron chi connectivity index (χ0n) is 8.67. The summed E-state index contributed by atoms with van der Waals surface area (Å²) in [4.78, 5) is 23.2. The molecule has 0 saturated heterocycles. The molecule has 1 aromatic rings. The van der Waals surface area contributed by atoms with Crippen LogP contribution in [0.4, 0.5) is 0 Å². The van der Waals surface area contributed by atoms with Crippen LogP contribution in [0, 0.1) is 4.91 Å². The molecule has 5 heteroatoms. The molecule has 1 aliphatic heterocycles. The van der Waals surface area contributed by atoms with E-state index in [0.717, 1.165) is 0 Å². The monoisotopic (exact) mass is 220 g/mol. The van der Waals surface area contributed by atoms with Crippen molar-refractivity contribution in [2.45, 2.75) is 12.6 Å². The maximum atomic E-state index is 11.9. The maximum absolute atomic E-state index is 11.9. The van der Waals surface area contributed by atoms with E-state index in [9.17, 15) is 14.8 Å². The number of aliphatic hydroxyl groups excluding tert-OH is 1. The van der Waals surface area contributed by atoms with Gasteiger partial charge in [-0.15, -0.1) is 0 Å². The summed E-state index contributed by atoms with van der Waals surface area (Å²) >= 11 is 0. The minimum Gasteiger partial charge on any atom is -0.369 e. The number of carbonyl (C=O) groups excluding carboxylic acids is 1. The predicted molar refractivity (Wildman–Crippen MR) is 57.7 cm³/mol. The Hall–Kier alpha value is -1.75. The van der Waals surface area contributed by atoms with Crippen molar-refractivity contribution in [3.05, 3.63) is 40.3 Å². The van der Waals surface area contributed by atoms with Crippen LogP contribution in [0.15, 0.2) is 29.4 Å². The van der Waals surface area contributed by atoms with E-state index in [1.807, 2.05) is 0 Å². The van der Waals surface area contributed by atoms with Crippen LogP contribution in [0.25, 0.3) is 0 Å². The maximum Gasteiger partial charge on any atom is 0.256 e. The van der Waals surface area contributed by atoms with Gasteiger partial charge in [-0.1, -0.05) is 23.4 Å². The van der Waals surface area contributed by atoms with Crippen LogP contribution in [0.3, 0.4) is 0 Å². The number of amides is 1. The van der Waals surface area contributed by atoms with E-state index in [4.69, 9.17) is 0 Å². The molecule has 2 rings (SSSR count). The molecule has 0 fully saturated rings. The number of hydrogen-bond donors (Lipinski definition) is 1. The van der Waals surface area contributed by atoms with E-state index in [0.29, 0.717) is 24.1 Å². The van der Waals surface area contributed by atoms with Gasteiger partial charge in [-0.25, -0.2) is 0 Å². The van der Waals surface area contributed by atoms with Gasteiger partial charge < -0.3 is 10.0 Å². The molecule has 1 N–H and O–H groups in total. The van der Waals surface area contributed by atoms with Crippen molar-refractivity contribution in [1.82, 2.24) is 4.90 Å². The summed E-state index contributed by atoms with van der Waals surface area (Å²) in [6.07, 6.45) is -0.421. The lowest BCUT2D eigenvalue weighted by molar-refractivity contribution is 0.0175. The fraction of sp³-hybridized carbons (Fsp3) is 0.364. The molecule has 0 bridgehead atoms. The van der Waals surface area contributed by atoms with E-state index >= 15 is 0 Å². The quantitative estimate of drug-likeness (QED) is 0.614. The zero-order chi connectivity index (χ0) is 11.5. The highest BCUT2D eigenvalue weighted by Gasteiger charge is 2.34. The van der Waals surface area contributed by atoms with Gasteiger partial charge >= 0.3 is 0 Å². The molecule has 1 aliphatic rings. The minimum atomic E-state index is -0.893. The van der Waals surface area contributed by atoms with Crippen molar-refractivity contribution in [3.63, 3.8) is 0 Å². The molecule has 5 nitrogen and oxygen atoms in total. The lowest BCUT2D eigenvalue weighted by Crippen LogP contribution is -2.29. The summed E-state index contributed by atoms with van der Waals surface area (Å²) < 4.78 is 0. The van der Waals surface area contributed by atoms with Crippen molar-refractivity contribution in [2.24, 2.45) is 5.18 Å². The minimum absolute atomic E-state index is 0.160. The Kier molecular flexibility index (Phi) is 2.96. The number of nitroso groups, excluding NO2 is 1. The van der Waals surface area contributed by atoms with Gasteiger partial charge in [-0.3, -0.25) is 4.79 Å². The average molecular weight is 220 g/mol. The first-order chi connectivity index (χ1) is 7.75. The fourth-order valence-electron chi connectivity index (χ4n) is 1.88. The van der Waals surface area contributed by atoms with Gasteiger partial charge in [-0.05, 0) is 12.5 Å². The van der Waals surface area contributed by atoms with E-state index < -0.39 is 6.23 Å². The zero-order valence-corrected chi connectivity index (χ0v) is 8.67. The Morgan fingerprint density at radius 1 is 1.38 bits per heavy atom. The molecule has 0 aliphatic carbocycles. The smallest absolute Gasteiger partial charge is 0.256 e. The van der Waals surface area contributed by atoms with E-state index in [-0.39, 0.29) is 12.5 Å². The van der Waals surface area contributed by atoms with E-state index in [1.54, 1.807) is 24.3 Å². The number of benzene rings is 1. The molecule has 0 saturated carbocycles. The van der Waals surface area contributed by atoms with Crippen LogP contribution in [-0.2, 0) is 0 Å². The standard InChI is InChI=1S/C11H12N2O3/c14-10-8-4-1-2-5-9(8)11(15)13(10)7-3-6-12-16/h1-2,4-5,10,14H,3,6-7H2. The molecular weight excluding hydrogens is 208 g/mol. The summed E-state index contributed by atoms with van der Waals surface area (Å²) in [6, 6.07) is 6.97. The van der Waals surface area contributed by atoms with Crippen molar-refractivity contribution in [3.8, 4) is 0 Å². The molecule has 84 valence electrons. The Morgan fingerprint density at radius 3 is 2.81 bits per heavy atom. The van der Waals surface area contributed by atoms with Crippen molar-refractivity contribution in [2.75, 3.05) is 13.1 Å². The molecular formula is C11H12N2O3. The van der Waals surface area contributed by atoms with Crippen LogP contribution in [0.5, 0.6) is 0 Å². The molecule has 1 heterocycles. The van der Waals surface area contributed by atoms with Crippen molar-refractivity contribution in [1.29, 1.82) is 0 Å². The molecule has 1 amide bonds. The first kappa shape index (κ1) is 10.8. The highest BCUT2D eigenvalue weighted by molar-refractivity contribution is 5.98. The van der Waals surface area contributed by atoms with Crippen molar-refractivity contribution < 1.29 is 9.90 Å². The Bertz CT molecular complexity index is 419. The van der Waals surface area contributed by atoms with Crippen LogP contribution in [0.1, 0.15) is 28.6 Å². The molecule has 1 atom stereocenters. The summed E-state index contributed by atoms with van der Waals surface area (Å²) in [7, 11) is 0. The molecule has 1 aromatic carbocycles. The molecule has 16 heavy (non-hydrogen) atoms. The van der Waals surface area contributed by atoms with E-state index in [1.165, 1.54) is 4.90 Å². The molecule has 0 aromatic heterocycles. The topological polar surface area (TPSA) is 70.0 Å². The number of fused-ring (bicyclic) bond motifs is 1. The second-order valence-electron chi connectivity index (χ2n) is 3.67. The third-order valence-electron chi connectivity index (χ3n) is 2.67. The number of hydrogen-bond acceptors (Lipinski definition) is 4. The molecule has 0 radical (unpaired) electrons. The third-order valence-corrected chi connectivity index (χ3v) is 2.67. The van der Waals surface area contributed by atoms with Crippen molar-refractivity contribution >= 4 is 5.91 Å². The van der Waals surface area contributed by atoms with Crippen LogP contribution >= 0.6 is 0 Å². The predicted octanol–water partition coefficient (Wildman–Crippen LogP) is 1.29. The first-order valence-corrected chi connectivity index (χ1v) is 5.13. The lowest BCUT2D eigenvalue weighted by Gasteiger charge is -2.19. The Balaban J connectivity index is 2.15. The van der Waals surface area contributed by atoms with Crippen LogP contribution < -0.4 is 0 Å². The average Bonchev–Trinajstić information content (AvgIpc) is 2.55. The molecule has 0 spiro atoms. The number of aliphatic hydroxyl groups is 1. The molecule has 1 unspecified atom stereocenters. The van der Waals surface area contributed by atoms with Gasteiger partial charge in [0.15, 0.2) is 6.23 Å². The normalized spacial score (nSPS) is 18.7. The van der Waals surface area contributed by atoms with Gasteiger partial charge in [0, 0.05) is 17.7 Å². The van der Waals surface area contributed by atoms with Gasteiger partial charge in [0.05, 0.1) is 6.54 Å². The summed E-state index contributed by atoms with van der Waals surface area (Å²) in [6.45, 7) is 0.507.